The molecule has 2 atom stereocenters. The maximum absolute atomic E-state index is 11.3. The fourth-order valence-corrected chi connectivity index (χ4v) is 1.85. The lowest BCUT2D eigenvalue weighted by molar-refractivity contribution is 0.0518. The summed E-state index contributed by atoms with van der Waals surface area (Å²) in [7, 11) is 0. The normalized spacial score (nSPS) is 26.4. The van der Waals surface area contributed by atoms with Crippen LogP contribution >= 0.6 is 0 Å². The number of hydrogen-bond acceptors (Lipinski definition) is 3. The molecule has 1 aliphatic carbocycles. The van der Waals surface area contributed by atoms with E-state index < -0.39 is 5.60 Å². The second kappa shape index (κ2) is 4.84. The van der Waals surface area contributed by atoms with Gasteiger partial charge in [-0.1, -0.05) is 6.42 Å². The Labute approximate surface area is 91.5 Å². The quantitative estimate of drug-likeness (QED) is 0.734. The second-order valence-corrected chi connectivity index (χ2v) is 5.24. The zero-order valence-electron chi connectivity index (χ0n) is 9.88. The minimum absolute atomic E-state index is 0.236. The number of alkyl carbamates (subject to hydrolysis) is 1. The topological polar surface area (TPSA) is 64.3 Å². The van der Waals surface area contributed by atoms with Crippen molar-refractivity contribution in [2.45, 2.75) is 51.7 Å². The van der Waals surface area contributed by atoms with Gasteiger partial charge in [0.25, 0.3) is 0 Å². The van der Waals surface area contributed by atoms with Gasteiger partial charge >= 0.3 is 6.09 Å². The minimum atomic E-state index is -0.429. The van der Waals surface area contributed by atoms with Gasteiger partial charge in [-0.05, 0) is 39.5 Å². The molecule has 1 fully saturated rings. The molecule has 2 unspecified atom stereocenters. The van der Waals surface area contributed by atoms with E-state index in [2.05, 4.69) is 5.32 Å². The predicted octanol–water partition coefficient (Wildman–Crippen LogP) is 1.64. The molecule has 1 aliphatic rings. The fraction of sp³-hybridized carbons (Fsp3) is 0.909. The lowest BCUT2D eigenvalue weighted by Crippen LogP contribution is -2.38. The van der Waals surface area contributed by atoms with Crippen LogP contribution in [0, 0.1) is 5.92 Å². The van der Waals surface area contributed by atoms with Gasteiger partial charge in [-0.15, -0.1) is 0 Å². The van der Waals surface area contributed by atoms with Gasteiger partial charge in [-0.2, -0.15) is 0 Å². The standard InChI is InChI=1S/C11H22N2O2/c1-11(2,3)15-10(14)13-7-8-5-4-6-9(8)12/h8-9H,4-7,12H2,1-3H3,(H,13,14). The molecule has 0 aromatic rings. The van der Waals surface area contributed by atoms with E-state index in [1.807, 2.05) is 20.8 Å². The van der Waals surface area contributed by atoms with E-state index in [0.717, 1.165) is 12.8 Å². The number of carbonyl (C=O) groups is 1. The number of ether oxygens (including phenoxy) is 1. The van der Waals surface area contributed by atoms with Crippen molar-refractivity contribution >= 4 is 6.09 Å². The molecular formula is C11H22N2O2. The van der Waals surface area contributed by atoms with Crippen molar-refractivity contribution in [1.82, 2.24) is 5.32 Å². The lowest BCUT2D eigenvalue weighted by atomic mass is 10.1. The van der Waals surface area contributed by atoms with Crippen LogP contribution in [-0.2, 0) is 4.74 Å². The van der Waals surface area contributed by atoms with Crippen LogP contribution in [0.4, 0.5) is 4.79 Å². The molecule has 0 spiro atoms. The first-order chi connectivity index (χ1) is 6.88. The Balaban J connectivity index is 2.22. The Hall–Kier alpha value is -0.770. The molecule has 1 saturated carbocycles. The number of carbonyl (C=O) groups excluding carboxylic acids is 1. The third-order valence-corrected chi connectivity index (χ3v) is 2.63. The van der Waals surface area contributed by atoms with Crippen LogP contribution in [0.1, 0.15) is 40.0 Å². The van der Waals surface area contributed by atoms with E-state index in [-0.39, 0.29) is 12.1 Å². The first kappa shape index (κ1) is 12.3. The van der Waals surface area contributed by atoms with Crippen LogP contribution in [0.15, 0.2) is 0 Å². The molecule has 0 aromatic carbocycles. The van der Waals surface area contributed by atoms with Crippen LogP contribution in [-0.4, -0.2) is 24.3 Å². The summed E-state index contributed by atoms with van der Waals surface area (Å²) in [6.45, 7) is 6.20. The molecule has 88 valence electrons. The van der Waals surface area contributed by atoms with Gasteiger partial charge in [0.1, 0.15) is 5.60 Å². The SMILES string of the molecule is CC(C)(C)OC(=O)NCC1CCCC1N. The second-order valence-electron chi connectivity index (χ2n) is 5.24. The van der Waals surface area contributed by atoms with Gasteiger partial charge < -0.3 is 15.8 Å². The van der Waals surface area contributed by atoms with Crippen molar-refractivity contribution in [3.63, 3.8) is 0 Å². The molecule has 0 saturated heterocycles. The number of hydrogen-bond donors (Lipinski definition) is 2. The smallest absolute Gasteiger partial charge is 0.407 e. The summed E-state index contributed by atoms with van der Waals surface area (Å²) >= 11 is 0. The maximum atomic E-state index is 11.3. The van der Waals surface area contributed by atoms with Crippen molar-refractivity contribution in [3.05, 3.63) is 0 Å². The summed E-state index contributed by atoms with van der Waals surface area (Å²) in [5.41, 5.74) is 5.47. The van der Waals surface area contributed by atoms with Crippen LogP contribution in [0.2, 0.25) is 0 Å². The molecule has 4 nitrogen and oxygen atoms in total. The highest BCUT2D eigenvalue weighted by Gasteiger charge is 2.25. The largest absolute Gasteiger partial charge is 0.444 e. The Morgan fingerprint density at radius 3 is 2.60 bits per heavy atom. The molecule has 3 N–H and O–H groups in total. The highest BCUT2D eigenvalue weighted by atomic mass is 16.6. The average Bonchev–Trinajstić information content (AvgIpc) is 2.44. The lowest BCUT2D eigenvalue weighted by Gasteiger charge is -2.21. The number of nitrogens with one attached hydrogen (secondary N) is 1. The number of nitrogens with two attached hydrogens (primary N) is 1. The van der Waals surface area contributed by atoms with Gasteiger partial charge in [-0.25, -0.2) is 4.79 Å². The third kappa shape index (κ3) is 4.51. The van der Waals surface area contributed by atoms with E-state index in [1.165, 1.54) is 6.42 Å². The number of amides is 1. The summed E-state index contributed by atoms with van der Waals surface area (Å²) in [6, 6.07) is 0.236. The minimum Gasteiger partial charge on any atom is -0.444 e. The molecule has 15 heavy (non-hydrogen) atoms. The summed E-state index contributed by atoms with van der Waals surface area (Å²) in [5, 5.41) is 2.77. The fourth-order valence-electron chi connectivity index (χ4n) is 1.85. The molecule has 1 rings (SSSR count). The Bertz CT molecular complexity index is 223. The highest BCUT2D eigenvalue weighted by molar-refractivity contribution is 5.67. The van der Waals surface area contributed by atoms with Crippen LogP contribution in [0.3, 0.4) is 0 Å². The molecule has 0 bridgehead atoms. The van der Waals surface area contributed by atoms with Crippen molar-refractivity contribution in [2.24, 2.45) is 11.7 Å². The Morgan fingerprint density at radius 1 is 1.47 bits per heavy atom. The Morgan fingerprint density at radius 2 is 2.13 bits per heavy atom. The third-order valence-electron chi connectivity index (χ3n) is 2.63. The predicted molar refractivity (Wildman–Crippen MR) is 59.6 cm³/mol. The molecular weight excluding hydrogens is 192 g/mol. The average molecular weight is 214 g/mol. The van der Waals surface area contributed by atoms with Gasteiger partial charge in [0, 0.05) is 12.6 Å². The molecule has 1 amide bonds. The van der Waals surface area contributed by atoms with Crippen LogP contribution in [0.25, 0.3) is 0 Å². The molecule has 0 aliphatic heterocycles. The van der Waals surface area contributed by atoms with Crippen molar-refractivity contribution in [3.8, 4) is 0 Å². The van der Waals surface area contributed by atoms with E-state index in [4.69, 9.17) is 10.5 Å². The summed E-state index contributed by atoms with van der Waals surface area (Å²) in [5.74, 6) is 0.414. The van der Waals surface area contributed by atoms with Crippen molar-refractivity contribution < 1.29 is 9.53 Å². The van der Waals surface area contributed by atoms with E-state index in [1.54, 1.807) is 0 Å². The van der Waals surface area contributed by atoms with Gasteiger partial charge in [-0.3, -0.25) is 0 Å². The number of rotatable bonds is 2. The highest BCUT2D eigenvalue weighted by Crippen LogP contribution is 2.23. The van der Waals surface area contributed by atoms with Crippen LogP contribution < -0.4 is 11.1 Å². The van der Waals surface area contributed by atoms with E-state index in [9.17, 15) is 4.79 Å². The van der Waals surface area contributed by atoms with E-state index in [0.29, 0.717) is 12.5 Å². The van der Waals surface area contributed by atoms with Crippen molar-refractivity contribution in [2.75, 3.05) is 6.54 Å². The molecule has 0 aromatic heterocycles. The first-order valence-electron chi connectivity index (χ1n) is 5.61. The molecule has 4 heteroatoms. The molecule has 0 radical (unpaired) electrons. The summed E-state index contributed by atoms with van der Waals surface area (Å²) in [6.07, 6.45) is 3.00. The summed E-state index contributed by atoms with van der Waals surface area (Å²) in [4.78, 5) is 11.3. The first-order valence-corrected chi connectivity index (χ1v) is 5.61. The van der Waals surface area contributed by atoms with Gasteiger partial charge in [0.2, 0.25) is 0 Å². The van der Waals surface area contributed by atoms with Crippen molar-refractivity contribution in [1.29, 1.82) is 0 Å². The monoisotopic (exact) mass is 214 g/mol. The van der Waals surface area contributed by atoms with E-state index >= 15 is 0 Å². The van der Waals surface area contributed by atoms with Crippen LogP contribution in [0.5, 0.6) is 0 Å². The zero-order chi connectivity index (χ0) is 11.5. The maximum Gasteiger partial charge on any atom is 0.407 e. The Kier molecular flexibility index (Phi) is 3.97. The summed E-state index contributed by atoms with van der Waals surface area (Å²) < 4.78 is 5.14. The molecule has 0 heterocycles. The zero-order valence-corrected chi connectivity index (χ0v) is 9.88. The van der Waals surface area contributed by atoms with Gasteiger partial charge in [0.15, 0.2) is 0 Å². The van der Waals surface area contributed by atoms with Gasteiger partial charge in [0.05, 0.1) is 0 Å².